The number of nitrogens with zero attached hydrogens (tertiary/aromatic N) is 1. The lowest BCUT2D eigenvalue weighted by Gasteiger charge is -2.09. The lowest BCUT2D eigenvalue weighted by Crippen LogP contribution is -2.22. The number of para-hydroxylation sites is 1. The van der Waals surface area contributed by atoms with Gasteiger partial charge >= 0.3 is 0 Å². The lowest BCUT2D eigenvalue weighted by molar-refractivity contribution is 1.25. The summed E-state index contributed by atoms with van der Waals surface area (Å²) in [6.45, 7) is 2.48. The molecule has 70 valence electrons. The Morgan fingerprint density at radius 1 is 1.46 bits per heavy atom. The van der Waals surface area contributed by atoms with Gasteiger partial charge < -0.3 is 11.1 Å². The fraction of sp³-hybridized carbons (Fsp3) is 0.300. The molecule has 0 saturated heterocycles. The SMILES string of the molecule is CN=C(CN)Nc1ccccc1C. The summed E-state index contributed by atoms with van der Waals surface area (Å²) in [5.41, 5.74) is 7.74. The number of nitrogens with two attached hydrogens (primary N) is 1. The number of aliphatic imine (C=N–C) groups is 1. The van der Waals surface area contributed by atoms with E-state index >= 15 is 0 Å². The number of hydrogen-bond donors (Lipinski definition) is 2. The monoisotopic (exact) mass is 177 g/mol. The van der Waals surface area contributed by atoms with E-state index < -0.39 is 0 Å². The van der Waals surface area contributed by atoms with E-state index in [9.17, 15) is 0 Å². The first-order valence-electron chi connectivity index (χ1n) is 4.26. The van der Waals surface area contributed by atoms with Gasteiger partial charge in [0, 0.05) is 12.7 Å². The van der Waals surface area contributed by atoms with Crippen LogP contribution in [0.2, 0.25) is 0 Å². The second-order valence-electron chi connectivity index (χ2n) is 2.81. The van der Waals surface area contributed by atoms with Crippen LogP contribution in [0.1, 0.15) is 5.56 Å². The molecule has 0 atom stereocenters. The number of anilines is 1. The third kappa shape index (κ3) is 2.56. The van der Waals surface area contributed by atoms with Crippen molar-refractivity contribution in [1.82, 2.24) is 0 Å². The summed E-state index contributed by atoms with van der Waals surface area (Å²) in [6, 6.07) is 8.05. The molecule has 0 amide bonds. The molecule has 1 aromatic rings. The van der Waals surface area contributed by atoms with Crippen LogP contribution < -0.4 is 11.1 Å². The fourth-order valence-corrected chi connectivity index (χ4v) is 1.07. The molecule has 0 unspecified atom stereocenters. The zero-order chi connectivity index (χ0) is 9.68. The molecule has 1 rings (SSSR count). The summed E-state index contributed by atoms with van der Waals surface area (Å²) < 4.78 is 0. The van der Waals surface area contributed by atoms with Gasteiger partial charge in [-0.05, 0) is 18.6 Å². The van der Waals surface area contributed by atoms with Crippen LogP contribution in [-0.2, 0) is 0 Å². The maximum absolute atomic E-state index is 5.49. The van der Waals surface area contributed by atoms with E-state index in [-0.39, 0.29) is 0 Å². The van der Waals surface area contributed by atoms with Gasteiger partial charge in [-0.15, -0.1) is 0 Å². The first kappa shape index (κ1) is 9.74. The van der Waals surface area contributed by atoms with Gasteiger partial charge in [0.15, 0.2) is 0 Å². The van der Waals surface area contributed by atoms with Gasteiger partial charge in [0.2, 0.25) is 0 Å². The Morgan fingerprint density at radius 3 is 2.69 bits per heavy atom. The van der Waals surface area contributed by atoms with Crippen LogP contribution in [0.5, 0.6) is 0 Å². The van der Waals surface area contributed by atoms with Gasteiger partial charge in [-0.1, -0.05) is 18.2 Å². The zero-order valence-corrected chi connectivity index (χ0v) is 8.04. The van der Waals surface area contributed by atoms with E-state index in [0.29, 0.717) is 6.54 Å². The number of hydrogen-bond acceptors (Lipinski definition) is 2. The maximum Gasteiger partial charge on any atom is 0.114 e. The first-order valence-corrected chi connectivity index (χ1v) is 4.26. The van der Waals surface area contributed by atoms with Crippen LogP contribution in [0.25, 0.3) is 0 Å². The van der Waals surface area contributed by atoms with Crippen LogP contribution in [0.3, 0.4) is 0 Å². The van der Waals surface area contributed by atoms with Crippen LogP contribution in [-0.4, -0.2) is 19.4 Å². The molecule has 3 heteroatoms. The van der Waals surface area contributed by atoms with Crippen LogP contribution >= 0.6 is 0 Å². The third-order valence-corrected chi connectivity index (χ3v) is 1.89. The second-order valence-corrected chi connectivity index (χ2v) is 2.81. The summed E-state index contributed by atoms with van der Waals surface area (Å²) in [5.74, 6) is 0.800. The van der Waals surface area contributed by atoms with Gasteiger partial charge in [-0.3, -0.25) is 4.99 Å². The van der Waals surface area contributed by atoms with Gasteiger partial charge in [0.05, 0.1) is 6.54 Å². The van der Waals surface area contributed by atoms with Gasteiger partial charge in [-0.25, -0.2) is 0 Å². The number of nitrogens with one attached hydrogen (secondary N) is 1. The Morgan fingerprint density at radius 2 is 2.15 bits per heavy atom. The van der Waals surface area contributed by atoms with Crippen LogP contribution in [0.15, 0.2) is 29.3 Å². The Kier molecular flexibility index (Phi) is 3.46. The first-order chi connectivity index (χ1) is 6.27. The van der Waals surface area contributed by atoms with E-state index in [2.05, 4.69) is 10.3 Å². The van der Waals surface area contributed by atoms with Crippen LogP contribution in [0.4, 0.5) is 5.69 Å². The van der Waals surface area contributed by atoms with E-state index in [0.717, 1.165) is 11.5 Å². The highest BCUT2D eigenvalue weighted by molar-refractivity contribution is 5.97. The van der Waals surface area contributed by atoms with Crippen molar-refractivity contribution in [3.63, 3.8) is 0 Å². The highest BCUT2D eigenvalue weighted by atomic mass is 15.0. The highest BCUT2D eigenvalue weighted by Gasteiger charge is 1.98. The molecule has 0 aliphatic heterocycles. The molecule has 0 aromatic heterocycles. The average Bonchev–Trinajstić information content (AvgIpc) is 2.17. The van der Waals surface area contributed by atoms with E-state index in [1.807, 2.05) is 31.2 Å². The van der Waals surface area contributed by atoms with E-state index in [1.165, 1.54) is 5.56 Å². The van der Waals surface area contributed by atoms with Crippen molar-refractivity contribution in [2.45, 2.75) is 6.92 Å². The topological polar surface area (TPSA) is 50.4 Å². The lowest BCUT2D eigenvalue weighted by atomic mass is 10.2. The zero-order valence-electron chi connectivity index (χ0n) is 8.04. The third-order valence-electron chi connectivity index (χ3n) is 1.89. The van der Waals surface area contributed by atoms with Crippen LogP contribution in [0, 0.1) is 6.92 Å². The Bertz CT molecular complexity index is 305. The standard InChI is InChI=1S/C10H15N3/c1-8-5-3-4-6-9(8)13-10(7-11)12-2/h3-6H,7,11H2,1-2H3,(H,12,13). The van der Waals surface area contributed by atoms with E-state index in [4.69, 9.17) is 5.73 Å². The molecule has 0 radical (unpaired) electrons. The van der Waals surface area contributed by atoms with Crippen molar-refractivity contribution < 1.29 is 0 Å². The number of rotatable bonds is 2. The summed E-state index contributed by atoms with van der Waals surface area (Å²) in [5, 5.41) is 3.17. The molecule has 0 aliphatic rings. The van der Waals surface area contributed by atoms with Crippen molar-refractivity contribution in [1.29, 1.82) is 0 Å². The minimum Gasteiger partial charge on any atom is -0.343 e. The van der Waals surface area contributed by atoms with Crippen molar-refractivity contribution in [2.75, 3.05) is 18.9 Å². The molecule has 13 heavy (non-hydrogen) atoms. The molecular formula is C10H15N3. The summed E-state index contributed by atoms with van der Waals surface area (Å²) in [4.78, 5) is 4.02. The fourth-order valence-electron chi connectivity index (χ4n) is 1.07. The molecule has 3 nitrogen and oxygen atoms in total. The summed E-state index contributed by atoms with van der Waals surface area (Å²) >= 11 is 0. The van der Waals surface area contributed by atoms with Crippen molar-refractivity contribution >= 4 is 11.5 Å². The molecule has 0 saturated carbocycles. The minimum absolute atomic E-state index is 0.435. The quantitative estimate of drug-likeness (QED) is 0.530. The Hall–Kier alpha value is -1.35. The molecule has 0 heterocycles. The maximum atomic E-state index is 5.49. The summed E-state index contributed by atoms with van der Waals surface area (Å²) in [6.07, 6.45) is 0. The summed E-state index contributed by atoms with van der Waals surface area (Å²) in [7, 11) is 1.73. The Balaban J connectivity index is 2.80. The highest BCUT2D eigenvalue weighted by Crippen LogP contribution is 2.12. The molecular weight excluding hydrogens is 162 g/mol. The van der Waals surface area contributed by atoms with E-state index in [1.54, 1.807) is 7.05 Å². The predicted octanol–water partition coefficient (Wildman–Crippen LogP) is 1.39. The molecule has 0 spiro atoms. The molecule has 1 aromatic carbocycles. The average molecular weight is 177 g/mol. The minimum atomic E-state index is 0.435. The van der Waals surface area contributed by atoms with Crippen molar-refractivity contribution in [3.8, 4) is 0 Å². The Labute approximate surface area is 78.7 Å². The molecule has 0 aliphatic carbocycles. The molecule has 0 fully saturated rings. The predicted molar refractivity (Wildman–Crippen MR) is 57.2 cm³/mol. The van der Waals surface area contributed by atoms with Gasteiger partial charge in [0.1, 0.15) is 5.84 Å². The van der Waals surface area contributed by atoms with Gasteiger partial charge in [0.25, 0.3) is 0 Å². The smallest absolute Gasteiger partial charge is 0.114 e. The number of amidine groups is 1. The number of benzene rings is 1. The molecule has 3 N–H and O–H groups in total. The van der Waals surface area contributed by atoms with Crippen molar-refractivity contribution in [3.05, 3.63) is 29.8 Å². The second kappa shape index (κ2) is 4.62. The largest absolute Gasteiger partial charge is 0.343 e. The van der Waals surface area contributed by atoms with Crippen molar-refractivity contribution in [2.24, 2.45) is 10.7 Å². The van der Waals surface area contributed by atoms with Gasteiger partial charge in [-0.2, -0.15) is 0 Å². The number of aryl methyl sites for hydroxylation is 1. The molecule has 0 bridgehead atoms. The normalized spacial score (nSPS) is 11.5.